The Labute approximate surface area is 138 Å². The molecule has 3 heterocycles. The molecular weight excluding hydrogens is 293 g/mol. The Bertz CT molecular complexity index is 575. The maximum absolute atomic E-state index is 6.19. The lowest BCUT2D eigenvalue weighted by atomic mass is 9.82. The number of ether oxygens (including phenoxy) is 1. The lowest BCUT2D eigenvalue weighted by Gasteiger charge is -2.32. The van der Waals surface area contributed by atoms with E-state index < -0.39 is 7.12 Å². The minimum Gasteiger partial charge on any atom is -0.398 e. The molecule has 1 unspecified atom stereocenters. The molecule has 1 saturated carbocycles. The lowest BCUT2D eigenvalue weighted by molar-refractivity contribution is -0.0480. The van der Waals surface area contributed by atoms with E-state index in [0.717, 1.165) is 37.2 Å². The molecule has 2 saturated heterocycles. The van der Waals surface area contributed by atoms with Crippen molar-refractivity contribution in [3.05, 3.63) is 5.69 Å². The smallest absolute Gasteiger partial charge is 0.398 e. The highest BCUT2D eigenvalue weighted by atomic mass is 16.7. The molecule has 2 aliphatic heterocycles. The van der Waals surface area contributed by atoms with Crippen molar-refractivity contribution in [2.75, 3.05) is 6.61 Å². The summed E-state index contributed by atoms with van der Waals surface area (Å²) in [6.07, 6.45) is 5.57. The summed E-state index contributed by atoms with van der Waals surface area (Å²) >= 11 is 0. The Morgan fingerprint density at radius 2 is 1.70 bits per heavy atom. The Morgan fingerprint density at radius 3 is 2.26 bits per heavy atom. The average molecular weight is 319 g/mol. The highest BCUT2D eigenvalue weighted by Crippen LogP contribution is 2.41. The van der Waals surface area contributed by atoms with Crippen molar-refractivity contribution < 1.29 is 14.0 Å². The van der Waals surface area contributed by atoms with Gasteiger partial charge in [0, 0.05) is 12.5 Å². The van der Waals surface area contributed by atoms with Crippen LogP contribution in [-0.2, 0) is 14.0 Å². The maximum Gasteiger partial charge on any atom is 0.518 e. The second kappa shape index (κ2) is 5.29. The molecule has 1 atom stereocenters. The van der Waals surface area contributed by atoms with Gasteiger partial charge in [0.1, 0.15) is 5.59 Å². The van der Waals surface area contributed by atoms with Gasteiger partial charge in [-0.1, -0.05) is 0 Å². The van der Waals surface area contributed by atoms with Crippen LogP contribution in [0.3, 0.4) is 0 Å². The fourth-order valence-corrected chi connectivity index (χ4v) is 3.15. The van der Waals surface area contributed by atoms with Crippen LogP contribution in [0.25, 0.3) is 0 Å². The summed E-state index contributed by atoms with van der Waals surface area (Å²) in [5, 5.41) is 9.50. The summed E-state index contributed by atoms with van der Waals surface area (Å²) < 4.78 is 18.2. The number of hydrogen-bond donors (Lipinski definition) is 0. The van der Waals surface area contributed by atoms with E-state index in [1.807, 2.05) is 0 Å². The summed E-state index contributed by atoms with van der Waals surface area (Å²) in [5.41, 5.74) is 1.17. The van der Waals surface area contributed by atoms with Gasteiger partial charge in [0.2, 0.25) is 0 Å². The van der Waals surface area contributed by atoms with Crippen LogP contribution in [0.2, 0.25) is 0 Å². The van der Waals surface area contributed by atoms with Crippen molar-refractivity contribution in [3.63, 3.8) is 0 Å². The van der Waals surface area contributed by atoms with Gasteiger partial charge in [-0.3, -0.25) is 0 Å². The first-order valence-corrected chi connectivity index (χ1v) is 8.81. The number of rotatable bonds is 3. The summed E-state index contributed by atoms with van der Waals surface area (Å²) in [6.45, 7) is 9.06. The quantitative estimate of drug-likeness (QED) is 0.799. The second-order valence-electron chi connectivity index (χ2n) is 7.97. The van der Waals surface area contributed by atoms with Gasteiger partial charge in [0.25, 0.3) is 0 Å². The van der Waals surface area contributed by atoms with E-state index in [9.17, 15) is 0 Å². The van der Waals surface area contributed by atoms with E-state index in [2.05, 4.69) is 27.7 Å². The van der Waals surface area contributed by atoms with E-state index in [4.69, 9.17) is 24.2 Å². The Kier molecular flexibility index (Phi) is 3.59. The Balaban J connectivity index is 1.64. The third kappa shape index (κ3) is 2.73. The molecule has 3 fully saturated rings. The van der Waals surface area contributed by atoms with Crippen molar-refractivity contribution >= 4 is 12.7 Å². The lowest BCUT2D eigenvalue weighted by Crippen LogP contribution is -2.41. The predicted octanol–water partition coefficient (Wildman–Crippen LogP) is 2.15. The molecule has 126 valence electrons. The van der Waals surface area contributed by atoms with Crippen molar-refractivity contribution in [1.82, 2.24) is 15.0 Å². The normalized spacial score (nSPS) is 29.9. The van der Waals surface area contributed by atoms with Crippen LogP contribution >= 0.6 is 0 Å². The van der Waals surface area contributed by atoms with Crippen LogP contribution in [0.5, 0.6) is 0 Å². The van der Waals surface area contributed by atoms with E-state index in [1.165, 1.54) is 12.8 Å². The van der Waals surface area contributed by atoms with E-state index >= 15 is 0 Å². The molecule has 0 amide bonds. The van der Waals surface area contributed by atoms with Gasteiger partial charge >= 0.3 is 7.12 Å². The largest absolute Gasteiger partial charge is 0.518 e. The SMILES string of the molecule is CC1(C)OB(c2nn(C3CCCCO3)nc2C2CC2)OC1(C)C. The van der Waals surface area contributed by atoms with Crippen LogP contribution in [-0.4, -0.2) is 39.9 Å². The molecule has 1 aromatic rings. The molecule has 0 aromatic carbocycles. The predicted molar refractivity (Wildman–Crippen MR) is 86.6 cm³/mol. The molecular formula is C16H26BN3O3. The van der Waals surface area contributed by atoms with Crippen molar-refractivity contribution in [2.45, 2.75) is 83.1 Å². The molecule has 0 N–H and O–H groups in total. The first-order valence-electron chi connectivity index (χ1n) is 8.81. The molecule has 1 aliphatic carbocycles. The minimum absolute atomic E-state index is 0.0441. The zero-order valence-electron chi connectivity index (χ0n) is 14.5. The molecule has 1 aromatic heterocycles. The van der Waals surface area contributed by atoms with Crippen molar-refractivity contribution in [1.29, 1.82) is 0 Å². The average Bonchev–Trinajstić information content (AvgIpc) is 3.20. The van der Waals surface area contributed by atoms with Gasteiger partial charge < -0.3 is 14.0 Å². The standard InChI is InChI=1S/C16H26BN3O3/c1-15(2)16(3,4)23-17(22-15)14-13(11-8-9-11)18-20(19-14)12-7-5-6-10-21-12/h11-12H,5-10H2,1-4H3. The molecule has 23 heavy (non-hydrogen) atoms. The molecule has 3 aliphatic rings. The van der Waals surface area contributed by atoms with E-state index in [-0.39, 0.29) is 17.4 Å². The number of nitrogens with zero attached hydrogens (tertiary/aromatic N) is 3. The Morgan fingerprint density at radius 1 is 1.00 bits per heavy atom. The van der Waals surface area contributed by atoms with Crippen LogP contribution in [0.4, 0.5) is 0 Å². The topological polar surface area (TPSA) is 58.4 Å². The van der Waals surface area contributed by atoms with Gasteiger partial charge in [-0.25, -0.2) is 0 Å². The third-order valence-corrected chi connectivity index (χ3v) is 5.54. The zero-order valence-corrected chi connectivity index (χ0v) is 14.5. The van der Waals surface area contributed by atoms with Crippen LogP contribution < -0.4 is 5.59 Å². The van der Waals surface area contributed by atoms with Crippen LogP contribution in [0.1, 0.15) is 77.6 Å². The van der Waals surface area contributed by atoms with Crippen LogP contribution in [0, 0.1) is 0 Å². The van der Waals surface area contributed by atoms with Gasteiger partial charge in [-0.15, -0.1) is 0 Å². The van der Waals surface area contributed by atoms with Crippen molar-refractivity contribution in [3.8, 4) is 0 Å². The molecule has 7 heteroatoms. The summed E-state index contributed by atoms with van der Waals surface area (Å²) in [5.74, 6) is 0.501. The van der Waals surface area contributed by atoms with Gasteiger partial charge in [0.05, 0.1) is 16.9 Å². The maximum atomic E-state index is 6.19. The van der Waals surface area contributed by atoms with Gasteiger partial charge in [0.15, 0.2) is 6.23 Å². The fourth-order valence-electron chi connectivity index (χ4n) is 3.15. The van der Waals surface area contributed by atoms with E-state index in [0.29, 0.717) is 5.92 Å². The van der Waals surface area contributed by atoms with E-state index in [1.54, 1.807) is 4.80 Å². The van der Waals surface area contributed by atoms with Gasteiger partial charge in [-0.05, 0) is 59.8 Å². The summed E-state index contributed by atoms with van der Waals surface area (Å²) in [4.78, 5) is 1.76. The Hall–Kier alpha value is -0.915. The minimum atomic E-state index is -0.437. The van der Waals surface area contributed by atoms with Gasteiger partial charge in [-0.2, -0.15) is 15.0 Å². The molecule has 0 spiro atoms. The molecule has 6 nitrogen and oxygen atoms in total. The number of aromatic nitrogens is 3. The molecule has 0 radical (unpaired) electrons. The highest BCUT2D eigenvalue weighted by Gasteiger charge is 2.54. The fraction of sp³-hybridized carbons (Fsp3) is 0.875. The third-order valence-electron chi connectivity index (χ3n) is 5.54. The number of hydrogen-bond acceptors (Lipinski definition) is 5. The highest BCUT2D eigenvalue weighted by molar-refractivity contribution is 6.61. The first-order chi connectivity index (χ1) is 10.9. The van der Waals surface area contributed by atoms with Crippen LogP contribution in [0.15, 0.2) is 0 Å². The summed E-state index contributed by atoms with van der Waals surface area (Å²) in [6, 6.07) is 0. The second-order valence-corrected chi connectivity index (χ2v) is 7.97. The molecule has 4 rings (SSSR count). The van der Waals surface area contributed by atoms with Crippen molar-refractivity contribution in [2.24, 2.45) is 0 Å². The first kappa shape index (κ1) is 15.6. The summed E-state index contributed by atoms with van der Waals surface area (Å²) in [7, 11) is -0.437. The zero-order chi connectivity index (χ0) is 16.2. The monoisotopic (exact) mass is 319 g/mol. The molecule has 0 bridgehead atoms.